The van der Waals surface area contributed by atoms with Crippen molar-refractivity contribution in [3.63, 3.8) is 0 Å². The number of nitrogens with zero attached hydrogens (tertiary/aromatic N) is 1. The van der Waals surface area contributed by atoms with E-state index in [2.05, 4.69) is 4.99 Å². The van der Waals surface area contributed by atoms with E-state index in [0.717, 1.165) is 17.9 Å². The zero-order chi connectivity index (χ0) is 15.1. The molecule has 0 atom stereocenters. The maximum Gasteiger partial charge on any atom is 0.166 e. The molecular formula is C16H22N2O2. The van der Waals surface area contributed by atoms with E-state index in [1.807, 2.05) is 31.2 Å². The molecule has 1 aromatic rings. The summed E-state index contributed by atoms with van der Waals surface area (Å²) in [6.07, 6.45) is 1.27. The van der Waals surface area contributed by atoms with E-state index in [1.54, 1.807) is 21.0 Å². The van der Waals surface area contributed by atoms with Crippen LogP contribution in [0, 0.1) is 0 Å². The minimum atomic E-state index is 0.0386. The van der Waals surface area contributed by atoms with Crippen molar-refractivity contribution < 1.29 is 9.53 Å². The van der Waals surface area contributed by atoms with Gasteiger partial charge in [0.15, 0.2) is 5.78 Å². The average molecular weight is 274 g/mol. The van der Waals surface area contributed by atoms with Crippen molar-refractivity contribution in [2.24, 2.45) is 10.7 Å². The molecule has 0 aromatic heterocycles. The predicted molar refractivity (Wildman–Crippen MR) is 82.6 cm³/mol. The minimum absolute atomic E-state index is 0.0386. The van der Waals surface area contributed by atoms with Gasteiger partial charge in [-0.15, -0.1) is 0 Å². The lowest BCUT2D eigenvalue weighted by Gasteiger charge is -2.08. The van der Waals surface area contributed by atoms with E-state index >= 15 is 0 Å². The third-order valence-electron chi connectivity index (χ3n) is 2.86. The van der Waals surface area contributed by atoms with Gasteiger partial charge in [0.1, 0.15) is 5.75 Å². The zero-order valence-electron chi connectivity index (χ0n) is 12.6. The molecule has 0 saturated heterocycles. The van der Waals surface area contributed by atoms with Gasteiger partial charge in [-0.3, -0.25) is 9.79 Å². The van der Waals surface area contributed by atoms with Gasteiger partial charge in [0.2, 0.25) is 0 Å². The number of rotatable bonds is 6. The van der Waals surface area contributed by atoms with Gasteiger partial charge in [0.05, 0.1) is 24.1 Å². The summed E-state index contributed by atoms with van der Waals surface area (Å²) in [7, 11) is 1.61. The molecule has 0 heterocycles. The Bertz CT molecular complexity index is 541. The Morgan fingerprint density at radius 2 is 2.05 bits per heavy atom. The van der Waals surface area contributed by atoms with Crippen molar-refractivity contribution >= 4 is 17.2 Å². The molecule has 0 spiro atoms. The number of hydrogen-bond acceptors (Lipinski definition) is 4. The number of hydrogen-bond donors (Lipinski definition) is 1. The highest BCUT2D eigenvalue weighted by molar-refractivity contribution is 6.22. The number of allylic oxidation sites excluding steroid dienone is 2. The highest BCUT2D eigenvalue weighted by atomic mass is 16.5. The van der Waals surface area contributed by atoms with Crippen LogP contribution in [-0.2, 0) is 4.79 Å². The van der Waals surface area contributed by atoms with Gasteiger partial charge in [0, 0.05) is 18.2 Å². The first-order valence-corrected chi connectivity index (χ1v) is 6.68. The Labute approximate surface area is 120 Å². The average Bonchev–Trinajstić information content (AvgIpc) is 2.38. The van der Waals surface area contributed by atoms with Crippen LogP contribution in [0.15, 0.2) is 40.5 Å². The largest absolute Gasteiger partial charge is 0.497 e. The molecule has 0 aliphatic carbocycles. The maximum atomic E-state index is 12.1. The van der Waals surface area contributed by atoms with Gasteiger partial charge in [-0.05, 0) is 32.4 Å². The second kappa shape index (κ2) is 7.48. The van der Waals surface area contributed by atoms with E-state index in [9.17, 15) is 4.79 Å². The number of Topliss-reactive ketones (excluding diaryl/α,β-unsaturated/α-hetero) is 1. The molecule has 20 heavy (non-hydrogen) atoms. The molecule has 4 nitrogen and oxygen atoms in total. The third-order valence-corrected chi connectivity index (χ3v) is 2.86. The van der Waals surface area contributed by atoms with Gasteiger partial charge in [-0.1, -0.05) is 13.0 Å². The van der Waals surface area contributed by atoms with Crippen LogP contribution in [0.4, 0.5) is 5.69 Å². The fourth-order valence-electron chi connectivity index (χ4n) is 1.99. The number of nitrogens with two attached hydrogens (primary N) is 1. The first-order chi connectivity index (χ1) is 9.49. The molecule has 0 fully saturated rings. The van der Waals surface area contributed by atoms with E-state index in [0.29, 0.717) is 23.4 Å². The Kier molecular flexibility index (Phi) is 5.97. The van der Waals surface area contributed by atoms with Gasteiger partial charge >= 0.3 is 0 Å². The smallest absolute Gasteiger partial charge is 0.166 e. The molecule has 4 heteroatoms. The lowest BCUT2D eigenvalue weighted by Crippen LogP contribution is -2.15. The van der Waals surface area contributed by atoms with E-state index < -0.39 is 0 Å². The van der Waals surface area contributed by atoms with Crippen molar-refractivity contribution in [3.8, 4) is 5.75 Å². The van der Waals surface area contributed by atoms with Crippen LogP contribution in [0.5, 0.6) is 5.75 Å². The first kappa shape index (κ1) is 16.0. The molecule has 0 amide bonds. The number of carbonyl (C=O) groups excluding carboxylic acids is 1. The summed E-state index contributed by atoms with van der Waals surface area (Å²) < 4.78 is 5.16. The predicted octanol–water partition coefficient (Wildman–Crippen LogP) is 3.39. The molecular weight excluding hydrogens is 252 g/mol. The van der Waals surface area contributed by atoms with Crippen molar-refractivity contribution in [1.82, 2.24) is 0 Å². The number of ketones is 1. The third kappa shape index (κ3) is 4.23. The maximum absolute atomic E-state index is 12.1. The van der Waals surface area contributed by atoms with Crippen LogP contribution in [0.2, 0.25) is 0 Å². The van der Waals surface area contributed by atoms with E-state index in [4.69, 9.17) is 10.5 Å². The standard InChI is InChI=1S/C16H22N2O2/c1-5-7-15(19)16(11(2)17)12(3)18-13-8-6-9-14(10-13)20-4/h6,8-10H,5,7,17H2,1-4H3/b16-11+,18-12?. The lowest BCUT2D eigenvalue weighted by atomic mass is 10.0. The van der Waals surface area contributed by atoms with Gasteiger partial charge in [0.25, 0.3) is 0 Å². The zero-order valence-corrected chi connectivity index (χ0v) is 12.6. The van der Waals surface area contributed by atoms with Crippen molar-refractivity contribution in [3.05, 3.63) is 35.5 Å². The second-order valence-electron chi connectivity index (χ2n) is 4.63. The minimum Gasteiger partial charge on any atom is -0.497 e. The molecule has 1 aromatic carbocycles. The molecule has 1 rings (SSSR count). The summed E-state index contributed by atoms with van der Waals surface area (Å²) in [5, 5.41) is 0. The molecule has 0 radical (unpaired) electrons. The first-order valence-electron chi connectivity index (χ1n) is 6.68. The van der Waals surface area contributed by atoms with Gasteiger partial charge in [-0.2, -0.15) is 0 Å². The van der Waals surface area contributed by atoms with Crippen molar-refractivity contribution in [2.45, 2.75) is 33.6 Å². The normalized spacial score (nSPS) is 12.9. The molecule has 0 aliphatic heterocycles. The molecule has 0 bridgehead atoms. The lowest BCUT2D eigenvalue weighted by molar-refractivity contribution is -0.115. The van der Waals surface area contributed by atoms with Crippen LogP contribution in [0.3, 0.4) is 0 Å². The number of ether oxygens (including phenoxy) is 1. The molecule has 0 aliphatic rings. The Morgan fingerprint density at radius 3 is 2.60 bits per heavy atom. The number of methoxy groups -OCH3 is 1. The number of carbonyl (C=O) groups is 1. The van der Waals surface area contributed by atoms with Crippen LogP contribution < -0.4 is 10.5 Å². The SMILES string of the molecule is CCCC(=O)/C(C(C)=Nc1cccc(OC)c1)=C(\C)N. The molecule has 0 unspecified atom stereocenters. The highest BCUT2D eigenvalue weighted by Crippen LogP contribution is 2.21. The van der Waals surface area contributed by atoms with Crippen LogP contribution in [0.1, 0.15) is 33.6 Å². The number of benzene rings is 1. The second-order valence-corrected chi connectivity index (χ2v) is 4.63. The summed E-state index contributed by atoms with van der Waals surface area (Å²) in [5.74, 6) is 0.769. The van der Waals surface area contributed by atoms with Gasteiger partial charge < -0.3 is 10.5 Å². The van der Waals surface area contributed by atoms with Crippen LogP contribution in [0.25, 0.3) is 0 Å². The van der Waals surface area contributed by atoms with Crippen molar-refractivity contribution in [2.75, 3.05) is 7.11 Å². The quantitative estimate of drug-likeness (QED) is 0.638. The van der Waals surface area contributed by atoms with E-state index in [-0.39, 0.29) is 5.78 Å². The summed E-state index contributed by atoms with van der Waals surface area (Å²) in [4.78, 5) is 16.6. The Morgan fingerprint density at radius 1 is 1.35 bits per heavy atom. The summed E-state index contributed by atoms with van der Waals surface area (Å²) in [6, 6.07) is 7.38. The summed E-state index contributed by atoms with van der Waals surface area (Å²) >= 11 is 0. The molecule has 0 saturated carbocycles. The fraction of sp³-hybridized carbons (Fsp3) is 0.375. The van der Waals surface area contributed by atoms with Gasteiger partial charge in [-0.25, -0.2) is 0 Å². The monoisotopic (exact) mass is 274 g/mol. The van der Waals surface area contributed by atoms with E-state index in [1.165, 1.54) is 0 Å². The number of aliphatic imine (C=N–C) groups is 1. The van der Waals surface area contributed by atoms with Crippen LogP contribution in [-0.4, -0.2) is 18.6 Å². The highest BCUT2D eigenvalue weighted by Gasteiger charge is 2.14. The molecule has 108 valence electrons. The topological polar surface area (TPSA) is 64.7 Å². The summed E-state index contributed by atoms with van der Waals surface area (Å²) in [5.41, 5.74) is 8.24. The Hall–Kier alpha value is -2.10. The van der Waals surface area contributed by atoms with Crippen LogP contribution >= 0.6 is 0 Å². The summed E-state index contributed by atoms with van der Waals surface area (Å²) in [6.45, 7) is 5.50. The van der Waals surface area contributed by atoms with Crippen molar-refractivity contribution in [1.29, 1.82) is 0 Å². The fourth-order valence-corrected chi connectivity index (χ4v) is 1.99. The Balaban J connectivity index is 3.12. The molecule has 2 N–H and O–H groups in total.